The van der Waals surface area contributed by atoms with Crippen molar-refractivity contribution in [3.63, 3.8) is 0 Å². The number of carbonyl (C=O) groups excluding carboxylic acids is 3. The molecule has 0 radical (unpaired) electrons. The molecule has 3 N–H and O–H groups in total. The fourth-order valence-corrected chi connectivity index (χ4v) is 3.81. The van der Waals surface area contributed by atoms with Crippen molar-refractivity contribution in [3.8, 4) is 23.1 Å². The zero-order chi connectivity index (χ0) is 32.3. The minimum absolute atomic E-state index is 0.162. The average molecular weight is 600 g/mol. The first kappa shape index (κ1) is 33.0. The monoisotopic (exact) mass is 599 g/mol. The van der Waals surface area contributed by atoms with Crippen LogP contribution in [0.1, 0.15) is 49.2 Å². The molecular weight excluding hydrogens is 566 g/mol. The van der Waals surface area contributed by atoms with Crippen molar-refractivity contribution in [1.29, 1.82) is 0 Å². The van der Waals surface area contributed by atoms with Crippen LogP contribution in [0.3, 0.4) is 0 Å². The molecule has 44 heavy (non-hydrogen) atoms. The largest absolute Gasteiger partial charge is 0.465 e. The van der Waals surface area contributed by atoms with Crippen LogP contribution in [0.2, 0.25) is 0 Å². The van der Waals surface area contributed by atoms with Crippen LogP contribution in [0.5, 0.6) is 0 Å². The number of amides is 2. The molecule has 12 nitrogen and oxygen atoms in total. The van der Waals surface area contributed by atoms with E-state index in [1.165, 1.54) is 23.0 Å². The maximum Gasteiger partial charge on any atom is 0.426 e. The minimum atomic E-state index is -0.790. The number of esters is 1. The van der Waals surface area contributed by atoms with Crippen molar-refractivity contribution in [2.24, 2.45) is 0 Å². The van der Waals surface area contributed by atoms with Gasteiger partial charge in [0.25, 0.3) is 11.5 Å². The van der Waals surface area contributed by atoms with Crippen molar-refractivity contribution in [2.75, 3.05) is 13.7 Å². The second kappa shape index (κ2) is 15.1. The third kappa shape index (κ3) is 9.23. The van der Waals surface area contributed by atoms with E-state index < -0.39 is 23.6 Å². The highest BCUT2D eigenvalue weighted by Gasteiger charge is 2.19. The Kier molecular flexibility index (Phi) is 11.3. The zero-order valence-corrected chi connectivity index (χ0v) is 25.0. The van der Waals surface area contributed by atoms with E-state index in [2.05, 4.69) is 32.7 Å². The second-order valence-electron chi connectivity index (χ2n) is 10.0. The summed E-state index contributed by atoms with van der Waals surface area (Å²) in [6.45, 7) is 6.93. The van der Waals surface area contributed by atoms with Crippen molar-refractivity contribution >= 4 is 28.9 Å². The van der Waals surface area contributed by atoms with Crippen LogP contribution in [-0.4, -0.2) is 56.9 Å². The third-order valence-corrected chi connectivity index (χ3v) is 5.66. The molecule has 0 fully saturated rings. The van der Waals surface area contributed by atoms with Gasteiger partial charge in [-0.05, 0) is 58.0 Å². The third-order valence-electron chi connectivity index (χ3n) is 5.66. The average Bonchev–Trinajstić information content (AvgIpc) is 3.00. The molecule has 3 heterocycles. The van der Waals surface area contributed by atoms with Gasteiger partial charge in [-0.3, -0.25) is 24.8 Å². The number of benzene rings is 1. The molecule has 3 aromatic heterocycles. The Labute approximate surface area is 254 Å². The lowest BCUT2D eigenvalue weighted by atomic mass is 10.0. The number of carbonyl (C=O) groups is 3. The summed E-state index contributed by atoms with van der Waals surface area (Å²) in [6.07, 6.45) is 3.82. The van der Waals surface area contributed by atoms with Crippen LogP contribution in [0.15, 0.2) is 71.9 Å². The van der Waals surface area contributed by atoms with Crippen molar-refractivity contribution in [1.82, 2.24) is 25.4 Å². The first-order valence-corrected chi connectivity index (χ1v) is 13.5. The first-order chi connectivity index (χ1) is 21.0. The minimum Gasteiger partial charge on any atom is -0.465 e. The predicted octanol–water partition coefficient (Wildman–Crippen LogP) is 3.20. The number of rotatable bonds is 5. The number of ether oxygens (including phenoxy) is 2. The predicted molar refractivity (Wildman–Crippen MR) is 163 cm³/mol. The quantitative estimate of drug-likeness (QED) is 0.178. The number of nitrogens with one attached hydrogen (secondary N) is 2. The number of aliphatic hydroxyl groups excluding tert-OH is 1. The molecule has 0 aliphatic heterocycles. The maximum atomic E-state index is 13.0. The Morgan fingerprint density at radius 2 is 1.68 bits per heavy atom. The highest BCUT2D eigenvalue weighted by Crippen LogP contribution is 2.24. The number of aliphatic hydroxyl groups is 1. The number of hydrogen-bond donors (Lipinski definition) is 3. The first-order valence-electron chi connectivity index (χ1n) is 13.5. The summed E-state index contributed by atoms with van der Waals surface area (Å²) < 4.78 is 11.3. The van der Waals surface area contributed by atoms with Crippen molar-refractivity contribution in [3.05, 3.63) is 94.2 Å². The van der Waals surface area contributed by atoms with Gasteiger partial charge in [0.1, 0.15) is 12.1 Å². The maximum absolute atomic E-state index is 13.0. The number of nitrogens with zero attached hydrogens (tertiary/aromatic N) is 3. The topological polar surface area (TPSA) is 162 Å². The summed E-state index contributed by atoms with van der Waals surface area (Å²) in [4.78, 5) is 57.7. The summed E-state index contributed by atoms with van der Waals surface area (Å²) in [7, 11) is 1.00. The summed E-state index contributed by atoms with van der Waals surface area (Å²) in [5.41, 5.74) is 6.82. The van der Waals surface area contributed by atoms with Crippen molar-refractivity contribution in [2.45, 2.75) is 39.8 Å². The lowest BCUT2D eigenvalue weighted by Gasteiger charge is -2.19. The van der Waals surface area contributed by atoms with Gasteiger partial charge in [0.2, 0.25) is 0 Å². The molecule has 0 atom stereocenters. The van der Waals surface area contributed by atoms with Crippen LogP contribution in [0.4, 0.5) is 4.79 Å². The molecule has 0 unspecified atom stereocenters. The molecular formula is C32H33N5O7. The van der Waals surface area contributed by atoms with E-state index in [-0.39, 0.29) is 24.3 Å². The van der Waals surface area contributed by atoms with Crippen LogP contribution in [0.25, 0.3) is 22.2 Å². The van der Waals surface area contributed by atoms with E-state index in [0.717, 1.165) is 12.7 Å². The van der Waals surface area contributed by atoms with Crippen LogP contribution in [-0.2, 0) is 20.8 Å². The van der Waals surface area contributed by atoms with Gasteiger partial charge in [-0.15, -0.1) is 0 Å². The van der Waals surface area contributed by atoms with Crippen LogP contribution in [0, 0.1) is 11.8 Å². The summed E-state index contributed by atoms with van der Waals surface area (Å²) in [6, 6.07) is 13.5. The number of hydrazine groups is 1. The molecule has 0 aliphatic carbocycles. The molecule has 0 aliphatic rings. The van der Waals surface area contributed by atoms with Gasteiger partial charge in [0.15, 0.2) is 0 Å². The zero-order valence-electron chi connectivity index (χ0n) is 25.0. The Hall–Kier alpha value is -5.54. The van der Waals surface area contributed by atoms with Gasteiger partial charge in [0, 0.05) is 53.8 Å². The molecule has 0 saturated heterocycles. The van der Waals surface area contributed by atoms with Gasteiger partial charge in [-0.1, -0.05) is 24.0 Å². The molecule has 0 bridgehead atoms. The Morgan fingerprint density at radius 1 is 0.977 bits per heavy atom. The van der Waals surface area contributed by atoms with Crippen LogP contribution < -0.4 is 16.4 Å². The number of aromatic nitrogens is 3. The standard InChI is InChI=1S/C31H29N5O6.CH4O/c1-5-41-28(38)19-36-15-13-21(16-27(36)37)7-6-20-8-10-22(11-9-20)26-17-23(24-18-32-14-12-25(24)33-26)29(39)34-35-30(40)42-31(2,3)4;1-2/h8-18H,5,19H2,1-4H3,(H,34,39)(H,35,40);2H,1H3. The SMILES string of the molecule is CCOC(=O)Cn1ccc(C#Cc2ccc(-c3cc(C(=O)NNC(=O)OC(C)(C)C)c4cnccc4n3)cc2)cc1=O.CO. The molecule has 1 aromatic carbocycles. The second-order valence-corrected chi connectivity index (χ2v) is 10.0. The molecule has 0 saturated carbocycles. The molecule has 228 valence electrons. The van der Waals surface area contributed by atoms with E-state index in [1.54, 1.807) is 64.2 Å². The van der Waals surface area contributed by atoms with Crippen molar-refractivity contribution < 1.29 is 29.0 Å². The number of fused-ring (bicyclic) bond motifs is 1. The van der Waals surface area contributed by atoms with Gasteiger partial charge in [0.05, 0.1) is 23.4 Å². The summed E-state index contributed by atoms with van der Waals surface area (Å²) in [5.74, 6) is 4.92. The Balaban J connectivity index is 0.00000259. The summed E-state index contributed by atoms with van der Waals surface area (Å²) >= 11 is 0. The van der Waals surface area contributed by atoms with E-state index in [4.69, 9.17) is 14.6 Å². The fraction of sp³-hybridized carbons (Fsp3) is 0.250. The Morgan fingerprint density at radius 3 is 2.34 bits per heavy atom. The molecule has 4 aromatic rings. The number of hydrogen-bond acceptors (Lipinski definition) is 9. The summed E-state index contributed by atoms with van der Waals surface area (Å²) in [5, 5.41) is 7.51. The molecule has 12 heteroatoms. The van der Waals surface area contributed by atoms with E-state index in [1.807, 2.05) is 12.1 Å². The van der Waals surface area contributed by atoms with E-state index >= 15 is 0 Å². The van der Waals surface area contributed by atoms with Gasteiger partial charge < -0.3 is 19.1 Å². The lowest BCUT2D eigenvalue weighted by Crippen LogP contribution is -2.44. The highest BCUT2D eigenvalue weighted by atomic mass is 16.6. The molecule has 4 rings (SSSR count). The normalized spacial score (nSPS) is 10.4. The molecule has 2 amide bonds. The highest BCUT2D eigenvalue weighted by molar-refractivity contribution is 6.07. The Bertz CT molecular complexity index is 1760. The van der Waals surface area contributed by atoms with Gasteiger partial charge in [-0.25, -0.2) is 15.2 Å². The molecule has 0 spiro atoms. The van der Waals surface area contributed by atoms with E-state index in [0.29, 0.717) is 27.7 Å². The lowest BCUT2D eigenvalue weighted by molar-refractivity contribution is -0.143. The van der Waals surface area contributed by atoms with Gasteiger partial charge >= 0.3 is 12.1 Å². The van der Waals surface area contributed by atoms with Gasteiger partial charge in [-0.2, -0.15) is 0 Å². The smallest absolute Gasteiger partial charge is 0.426 e. The van der Waals surface area contributed by atoms with Crippen LogP contribution >= 0.6 is 0 Å². The van der Waals surface area contributed by atoms with E-state index in [9.17, 15) is 19.2 Å². The fourth-order valence-electron chi connectivity index (χ4n) is 3.81. The number of pyridine rings is 3.